The number of aryl methyl sites for hydroxylation is 1. The fraction of sp³-hybridized carbons (Fsp3) is 0.538. The van der Waals surface area contributed by atoms with Crippen LogP contribution in [0, 0.1) is 12.7 Å². The Balaban J connectivity index is 2.06. The van der Waals surface area contributed by atoms with Crippen molar-refractivity contribution in [2.24, 2.45) is 0 Å². The summed E-state index contributed by atoms with van der Waals surface area (Å²) in [6.07, 6.45) is 2.61. The third-order valence-corrected chi connectivity index (χ3v) is 4.78. The first-order valence-corrected chi connectivity index (χ1v) is 8.05. The molecule has 112 valence electrons. The number of nitrogens with two attached hydrogens (primary N) is 1. The van der Waals surface area contributed by atoms with Gasteiger partial charge in [-0.2, -0.15) is 0 Å². The Kier molecular flexibility index (Phi) is 4.62. The molecule has 1 unspecified atom stereocenters. The molecule has 20 heavy (non-hydrogen) atoms. The summed E-state index contributed by atoms with van der Waals surface area (Å²) in [6, 6.07) is 2.54. The van der Waals surface area contributed by atoms with Crippen molar-refractivity contribution in [2.45, 2.75) is 37.2 Å². The maximum Gasteiger partial charge on any atom is 0.243 e. The summed E-state index contributed by atoms with van der Waals surface area (Å²) >= 11 is 0. The first-order valence-electron chi connectivity index (χ1n) is 6.57. The van der Waals surface area contributed by atoms with Crippen molar-refractivity contribution in [2.75, 3.05) is 18.9 Å². The van der Waals surface area contributed by atoms with Gasteiger partial charge in [-0.25, -0.2) is 17.5 Å². The molecule has 1 saturated heterocycles. The zero-order valence-electron chi connectivity index (χ0n) is 11.4. The second-order valence-electron chi connectivity index (χ2n) is 4.97. The molecule has 1 aliphatic rings. The Morgan fingerprint density at radius 3 is 2.90 bits per heavy atom. The van der Waals surface area contributed by atoms with E-state index in [1.165, 1.54) is 13.0 Å². The van der Waals surface area contributed by atoms with Crippen LogP contribution in [0.1, 0.15) is 24.8 Å². The Morgan fingerprint density at radius 1 is 1.50 bits per heavy atom. The number of halogens is 1. The molecule has 0 saturated carbocycles. The van der Waals surface area contributed by atoms with E-state index in [0.29, 0.717) is 6.42 Å². The number of hydrogen-bond acceptors (Lipinski definition) is 4. The lowest BCUT2D eigenvalue weighted by Gasteiger charge is -2.12. The highest BCUT2D eigenvalue weighted by atomic mass is 32.2. The summed E-state index contributed by atoms with van der Waals surface area (Å²) in [5.74, 6) is -0.760. The molecule has 0 radical (unpaired) electrons. The largest absolute Gasteiger partial charge is 0.399 e. The van der Waals surface area contributed by atoms with Gasteiger partial charge in [0, 0.05) is 18.8 Å². The lowest BCUT2D eigenvalue weighted by molar-refractivity contribution is 0.105. The Bertz CT molecular complexity index is 584. The van der Waals surface area contributed by atoms with E-state index in [9.17, 15) is 12.8 Å². The molecule has 1 aromatic carbocycles. The number of nitrogens with one attached hydrogen (secondary N) is 1. The molecule has 7 heteroatoms. The number of sulfonamides is 1. The lowest BCUT2D eigenvalue weighted by Crippen LogP contribution is -2.28. The van der Waals surface area contributed by atoms with Crippen LogP contribution in [0.4, 0.5) is 10.1 Å². The van der Waals surface area contributed by atoms with Crippen molar-refractivity contribution >= 4 is 15.7 Å². The van der Waals surface area contributed by atoms with E-state index in [1.54, 1.807) is 0 Å². The minimum Gasteiger partial charge on any atom is -0.399 e. The van der Waals surface area contributed by atoms with Crippen LogP contribution < -0.4 is 10.5 Å². The van der Waals surface area contributed by atoms with Crippen LogP contribution in [0.25, 0.3) is 0 Å². The van der Waals surface area contributed by atoms with Gasteiger partial charge in [0.05, 0.1) is 6.10 Å². The standard InChI is InChI=1S/C13H19FN2O3S/c1-9-7-10(15)8-12(13(9)14)20(17,18)16-5-4-11-3-2-6-19-11/h7-8,11,16H,2-6,15H2,1H3. The van der Waals surface area contributed by atoms with E-state index in [0.717, 1.165) is 25.5 Å². The molecule has 1 fully saturated rings. The Hall–Kier alpha value is -1.18. The third kappa shape index (κ3) is 3.47. The average Bonchev–Trinajstić information content (AvgIpc) is 2.86. The summed E-state index contributed by atoms with van der Waals surface area (Å²) in [4.78, 5) is -0.401. The normalized spacial score (nSPS) is 19.4. The third-order valence-electron chi connectivity index (χ3n) is 3.32. The first-order chi connectivity index (χ1) is 9.40. The first kappa shape index (κ1) is 15.2. The minimum atomic E-state index is -3.89. The number of nitrogen functional groups attached to an aromatic ring is 1. The molecule has 2 rings (SSSR count). The predicted molar refractivity (Wildman–Crippen MR) is 74.3 cm³/mol. The molecular formula is C13H19FN2O3S. The molecule has 0 aliphatic carbocycles. The zero-order valence-corrected chi connectivity index (χ0v) is 12.2. The molecule has 1 atom stereocenters. The van der Waals surface area contributed by atoms with Crippen LogP contribution in [0.15, 0.2) is 17.0 Å². The van der Waals surface area contributed by atoms with Crippen LogP contribution in [0.5, 0.6) is 0 Å². The highest BCUT2D eigenvalue weighted by molar-refractivity contribution is 7.89. The number of rotatable bonds is 5. The highest BCUT2D eigenvalue weighted by Crippen LogP contribution is 2.21. The van der Waals surface area contributed by atoms with Gasteiger partial charge in [-0.05, 0) is 43.9 Å². The van der Waals surface area contributed by atoms with E-state index in [4.69, 9.17) is 10.5 Å². The van der Waals surface area contributed by atoms with Crippen molar-refractivity contribution in [3.05, 3.63) is 23.5 Å². The summed E-state index contributed by atoms with van der Waals surface area (Å²) in [7, 11) is -3.89. The van der Waals surface area contributed by atoms with E-state index in [-0.39, 0.29) is 23.9 Å². The van der Waals surface area contributed by atoms with Crippen LogP contribution in [-0.2, 0) is 14.8 Å². The predicted octanol–water partition coefficient (Wildman–Crippen LogP) is 1.56. The minimum absolute atomic E-state index is 0.0881. The van der Waals surface area contributed by atoms with Crippen LogP contribution in [0.2, 0.25) is 0 Å². The fourth-order valence-corrected chi connectivity index (χ4v) is 3.49. The molecule has 0 bridgehead atoms. The van der Waals surface area contributed by atoms with E-state index in [2.05, 4.69) is 4.72 Å². The highest BCUT2D eigenvalue weighted by Gasteiger charge is 2.22. The van der Waals surface area contributed by atoms with Gasteiger partial charge >= 0.3 is 0 Å². The lowest BCUT2D eigenvalue weighted by atomic mass is 10.2. The van der Waals surface area contributed by atoms with E-state index in [1.807, 2.05) is 0 Å². The molecule has 3 N–H and O–H groups in total. The maximum absolute atomic E-state index is 13.9. The number of ether oxygens (including phenoxy) is 1. The summed E-state index contributed by atoms with van der Waals surface area (Å²) in [5.41, 5.74) is 6.01. The molecule has 5 nitrogen and oxygen atoms in total. The van der Waals surface area contributed by atoms with Crippen LogP contribution in [0.3, 0.4) is 0 Å². The molecule has 0 aromatic heterocycles. The Labute approximate surface area is 118 Å². The second kappa shape index (κ2) is 6.07. The van der Waals surface area contributed by atoms with Gasteiger partial charge < -0.3 is 10.5 Å². The number of benzene rings is 1. The van der Waals surface area contributed by atoms with Crippen LogP contribution >= 0.6 is 0 Å². The van der Waals surface area contributed by atoms with Gasteiger partial charge in [-0.1, -0.05) is 0 Å². The molecule has 1 heterocycles. The average molecular weight is 302 g/mol. The van der Waals surface area contributed by atoms with Crippen molar-refractivity contribution in [3.63, 3.8) is 0 Å². The van der Waals surface area contributed by atoms with Crippen molar-refractivity contribution < 1.29 is 17.5 Å². The summed E-state index contributed by atoms with van der Waals surface area (Å²) in [6.45, 7) is 2.43. The molecule has 1 aliphatic heterocycles. The second-order valence-corrected chi connectivity index (χ2v) is 6.71. The van der Waals surface area contributed by atoms with E-state index < -0.39 is 20.7 Å². The van der Waals surface area contributed by atoms with E-state index >= 15 is 0 Å². The molecule has 1 aromatic rings. The molecular weight excluding hydrogens is 283 g/mol. The maximum atomic E-state index is 13.9. The monoisotopic (exact) mass is 302 g/mol. The topological polar surface area (TPSA) is 81.4 Å². The smallest absolute Gasteiger partial charge is 0.243 e. The summed E-state index contributed by atoms with van der Waals surface area (Å²) < 4.78 is 45.9. The van der Waals surface area contributed by atoms with Gasteiger partial charge in [-0.15, -0.1) is 0 Å². The number of anilines is 1. The van der Waals surface area contributed by atoms with Crippen molar-refractivity contribution in [1.29, 1.82) is 0 Å². The fourth-order valence-electron chi connectivity index (χ4n) is 2.26. The van der Waals surface area contributed by atoms with Crippen molar-refractivity contribution in [3.8, 4) is 0 Å². The van der Waals surface area contributed by atoms with Crippen LogP contribution in [-0.4, -0.2) is 27.7 Å². The Morgan fingerprint density at radius 2 is 2.25 bits per heavy atom. The summed E-state index contributed by atoms with van der Waals surface area (Å²) in [5, 5.41) is 0. The van der Waals surface area contributed by atoms with Gasteiger partial charge in [0.2, 0.25) is 10.0 Å². The van der Waals surface area contributed by atoms with Gasteiger partial charge in [-0.3, -0.25) is 0 Å². The SMILES string of the molecule is Cc1cc(N)cc(S(=O)(=O)NCCC2CCCO2)c1F. The van der Waals surface area contributed by atoms with Gasteiger partial charge in [0.1, 0.15) is 10.7 Å². The quantitative estimate of drug-likeness (QED) is 0.809. The van der Waals surface area contributed by atoms with Gasteiger partial charge in [0.25, 0.3) is 0 Å². The molecule has 0 spiro atoms. The van der Waals surface area contributed by atoms with Crippen molar-refractivity contribution in [1.82, 2.24) is 4.72 Å². The van der Waals surface area contributed by atoms with Gasteiger partial charge in [0.15, 0.2) is 0 Å². The zero-order chi connectivity index (χ0) is 14.8. The molecule has 0 amide bonds. The number of hydrogen-bond donors (Lipinski definition) is 2.